The van der Waals surface area contributed by atoms with Crippen LogP contribution in [-0.2, 0) is 0 Å². The van der Waals surface area contributed by atoms with E-state index < -0.39 is 0 Å². The van der Waals surface area contributed by atoms with Crippen LogP contribution in [0.2, 0.25) is 0 Å². The van der Waals surface area contributed by atoms with Crippen molar-refractivity contribution in [2.45, 2.75) is 0 Å². The number of rotatable bonds is 2. The van der Waals surface area contributed by atoms with Gasteiger partial charge in [0.05, 0.1) is 16.4 Å². The molecule has 2 amide bonds. The zero-order valence-electron chi connectivity index (χ0n) is 12.2. The number of aromatic nitrogens is 2. The normalized spacial score (nSPS) is 14.9. The molecule has 0 saturated carbocycles. The zero-order chi connectivity index (χ0) is 16.4. The first-order chi connectivity index (χ1) is 11.0. The van der Waals surface area contributed by atoms with Crippen LogP contribution in [0, 0.1) is 0 Å². The summed E-state index contributed by atoms with van der Waals surface area (Å²) < 4.78 is 2.67. The molecule has 6 nitrogen and oxygen atoms in total. The van der Waals surface area contributed by atoms with Crippen molar-refractivity contribution in [2.75, 3.05) is 26.2 Å². The first kappa shape index (κ1) is 16.4. The first-order valence-electron chi connectivity index (χ1n) is 7.09. The van der Waals surface area contributed by atoms with E-state index in [4.69, 9.17) is 0 Å². The van der Waals surface area contributed by atoms with Gasteiger partial charge in [0.1, 0.15) is 0 Å². The van der Waals surface area contributed by atoms with Crippen LogP contribution >= 0.6 is 38.5 Å². The molecule has 2 heterocycles. The molecular formula is C15H14BrIN4O2. The molecule has 1 aromatic heterocycles. The summed E-state index contributed by atoms with van der Waals surface area (Å²) in [6.45, 7) is 2.32. The third kappa shape index (κ3) is 3.74. The summed E-state index contributed by atoms with van der Waals surface area (Å²) in [4.78, 5) is 27.4. The van der Waals surface area contributed by atoms with Gasteiger partial charge >= 0.3 is 0 Å². The third-order valence-electron chi connectivity index (χ3n) is 3.75. The molecule has 3 rings (SSSR count). The molecule has 120 valence electrons. The fourth-order valence-electron chi connectivity index (χ4n) is 2.47. The van der Waals surface area contributed by atoms with Crippen LogP contribution in [0.1, 0.15) is 10.4 Å². The lowest BCUT2D eigenvalue weighted by molar-refractivity contribution is 0.0678. The monoisotopic (exact) mass is 488 g/mol. The number of hydrogen-bond donors (Lipinski definition) is 0. The Hall–Kier alpha value is -1.42. The van der Waals surface area contributed by atoms with Gasteiger partial charge in [-0.1, -0.05) is 0 Å². The van der Waals surface area contributed by atoms with Crippen molar-refractivity contribution in [2.24, 2.45) is 0 Å². The second-order valence-electron chi connectivity index (χ2n) is 5.18. The highest BCUT2D eigenvalue weighted by Gasteiger charge is 2.23. The molecular weight excluding hydrogens is 475 g/mol. The standard InChI is InChI=1S/C15H14BrIN4O2/c16-12-9-18-21(10-12)13-3-1-11(2-4-13)14(22)19-5-7-20(8-6-19)15(17)23/h1-4,9-10H,5-8H2. The van der Waals surface area contributed by atoms with Crippen molar-refractivity contribution in [3.63, 3.8) is 0 Å². The van der Waals surface area contributed by atoms with E-state index in [0.29, 0.717) is 31.7 Å². The smallest absolute Gasteiger partial charge is 0.283 e. The van der Waals surface area contributed by atoms with Gasteiger partial charge in [-0.15, -0.1) is 0 Å². The van der Waals surface area contributed by atoms with Gasteiger partial charge in [-0.25, -0.2) is 4.68 Å². The maximum absolute atomic E-state index is 12.5. The van der Waals surface area contributed by atoms with E-state index in [-0.39, 0.29) is 9.82 Å². The van der Waals surface area contributed by atoms with Crippen LogP contribution in [0.3, 0.4) is 0 Å². The summed E-state index contributed by atoms with van der Waals surface area (Å²) in [5.41, 5.74) is 1.54. The van der Waals surface area contributed by atoms with Gasteiger partial charge < -0.3 is 9.80 Å². The van der Waals surface area contributed by atoms with Crippen molar-refractivity contribution in [3.8, 4) is 5.69 Å². The van der Waals surface area contributed by atoms with E-state index in [1.54, 1.807) is 43.3 Å². The van der Waals surface area contributed by atoms with E-state index >= 15 is 0 Å². The predicted octanol–water partition coefficient (Wildman–Crippen LogP) is 2.95. The van der Waals surface area contributed by atoms with E-state index in [1.807, 2.05) is 30.5 Å². The number of carbonyl (C=O) groups excluding carboxylic acids is 2. The number of halogens is 2. The van der Waals surface area contributed by atoms with Gasteiger partial charge in [-0.05, 0) is 40.2 Å². The molecule has 0 unspecified atom stereocenters. The van der Waals surface area contributed by atoms with E-state index in [2.05, 4.69) is 21.0 Å². The van der Waals surface area contributed by atoms with Crippen LogP contribution in [-0.4, -0.2) is 55.6 Å². The molecule has 1 aliphatic rings. The Bertz CT molecular complexity index is 723. The Labute approximate surface area is 155 Å². The highest BCUT2D eigenvalue weighted by molar-refractivity contribution is 14.1. The fourth-order valence-corrected chi connectivity index (χ4v) is 3.23. The van der Waals surface area contributed by atoms with Gasteiger partial charge in [0.25, 0.3) is 9.82 Å². The number of nitrogens with zero attached hydrogens (tertiary/aromatic N) is 4. The molecule has 1 fully saturated rings. The summed E-state index contributed by atoms with van der Waals surface area (Å²) in [5, 5.41) is 4.21. The minimum Gasteiger partial charge on any atom is -0.335 e. The topological polar surface area (TPSA) is 58.4 Å². The lowest BCUT2D eigenvalue weighted by Gasteiger charge is -2.33. The Morgan fingerprint density at radius 3 is 2.17 bits per heavy atom. The van der Waals surface area contributed by atoms with Crippen molar-refractivity contribution in [3.05, 3.63) is 46.7 Å². The van der Waals surface area contributed by atoms with E-state index in [9.17, 15) is 9.59 Å². The number of piperazine rings is 1. The van der Waals surface area contributed by atoms with Gasteiger partial charge in [0, 0.05) is 60.5 Å². The van der Waals surface area contributed by atoms with Crippen LogP contribution in [0.4, 0.5) is 4.79 Å². The quantitative estimate of drug-likeness (QED) is 0.371. The highest BCUT2D eigenvalue weighted by atomic mass is 127. The van der Waals surface area contributed by atoms with Crippen molar-refractivity contribution in [1.29, 1.82) is 0 Å². The SMILES string of the molecule is O=C(I)N1CCN(C(=O)c2ccc(-n3cc(Br)cn3)cc2)CC1. The molecule has 1 saturated heterocycles. The zero-order valence-corrected chi connectivity index (χ0v) is 15.9. The summed E-state index contributed by atoms with van der Waals surface area (Å²) in [6, 6.07) is 7.36. The van der Waals surface area contributed by atoms with Gasteiger partial charge in [0.2, 0.25) is 0 Å². The molecule has 2 aromatic rings. The summed E-state index contributed by atoms with van der Waals surface area (Å²) in [7, 11) is 0. The van der Waals surface area contributed by atoms with Gasteiger partial charge in [0.15, 0.2) is 0 Å². The number of benzene rings is 1. The number of hydrogen-bond acceptors (Lipinski definition) is 3. The molecule has 0 N–H and O–H groups in total. The van der Waals surface area contributed by atoms with Gasteiger partial charge in [-0.3, -0.25) is 9.59 Å². The summed E-state index contributed by atoms with van der Waals surface area (Å²) in [5.74, 6) is -0.00115. The number of carbonyl (C=O) groups is 2. The molecule has 0 spiro atoms. The van der Waals surface area contributed by atoms with Crippen molar-refractivity contribution in [1.82, 2.24) is 19.6 Å². The summed E-state index contributed by atoms with van der Waals surface area (Å²) in [6.07, 6.45) is 3.57. The molecule has 0 aliphatic carbocycles. The minimum atomic E-state index is -0.00115. The Morgan fingerprint density at radius 1 is 1.04 bits per heavy atom. The first-order valence-corrected chi connectivity index (χ1v) is 8.96. The molecule has 0 radical (unpaired) electrons. The number of amides is 2. The lowest BCUT2D eigenvalue weighted by atomic mass is 10.1. The maximum Gasteiger partial charge on any atom is 0.283 e. The highest BCUT2D eigenvalue weighted by Crippen LogP contribution is 2.15. The van der Waals surface area contributed by atoms with Crippen LogP contribution in [0.15, 0.2) is 41.1 Å². The maximum atomic E-state index is 12.5. The van der Waals surface area contributed by atoms with E-state index in [0.717, 1.165) is 10.2 Å². The fraction of sp³-hybridized carbons (Fsp3) is 0.267. The van der Waals surface area contributed by atoms with E-state index in [1.165, 1.54) is 0 Å². The third-order valence-corrected chi connectivity index (χ3v) is 4.84. The van der Waals surface area contributed by atoms with Crippen LogP contribution in [0.25, 0.3) is 5.69 Å². The molecule has 1 aromatic carbocycles. The largest absolute Gasteiger partial charge is 0.335 e. The Balaban J connectivity index is 1.68. The lowest BCUT2D eigenvalue weighted by Crippen LogP contribution is -2.49. The minimum absolute atomic E-state index is 0.00115. The Morgan fingerprint density at radius 2 is 1.65 bits per heavy atom. The van der Waals surface area contributed by atoms with Crippen LogP contribution in [0.5, 0.6) is 0 Å². The van der Waals surface area contributed by atoms with Gasteiger partial charge in [-0.2, -0.15) is 5.10 Å². The molecule has 1 aliphatic heterocycles. The van der Waals surface area contributed by atoms with Crippen molar-refractivity contribution >= 4 is 48.3 Å². The molecule has 0 atom stereocenters. The average Bonchev–Trinajstić information content (AvgIpc) is 3.01. The Kier molecular flexibility index (Phi) is 5.00. The average molecular weight is 489 g/mol. The second kappa shape index (κ2) is 7.00. The predicted molar refractivity (Wildman–Crippen MR) is 98.2 cm³/mol. The molecule has 23 heavy (non-hydrogen) atoms. The second-order valence-corrected chi connectivity index (χ2v) is 7.02. The molecule has 8 heteroatoms. The van der Waals surface area contributed by atoms with Crippen LogP contribution < -0.4 is 0 Å². The van der Waals surface area contributed by atoms with Crippen molar-refractivity contribution < 1.29 is 9.59 Å². The summed E-state index contributed by atoms with van der Waals surface area (Å²) >= 11 is 5.14. The molecule has 0 bridgehead atoms.